The third-order valence-electron chi connectivity index (χ3n) is 2.22. The van der Waals surface area contributed by atoms with Gasteiger partial charge >= 0.3 is 0 Å². The van der Waals surface area contributed by atoms with E-state index in [1.54, 1.807) is 6.07 Å². The molecule has 1 aliphatic heterocycles. The van der Waals surface area contributed by atoms with E-state index in [0.29, 0.717) is 11.6 Å². The molecule has 1 N–H and O–H groups in total. The summed E-state index contributed by atoms with van der Waals surface area (Å²) >= 11 is 5.79. The number of hydrogen-bond donors (Lipinski definition) is 1. The molecule has 1 atom stereocenters. The predicted molar refractivity (Wildman–Crippen MR) is 48.6 cm³/mol. The molecule has 0 spiro atoms. The summed E-state index contributed by atoms with van der Waals surface area (Å²) in [5.74, 6) is 0. The van der Waals surface area contributed by atoms with Gasteiger partial charge in [-0.3, -0.25) is 0 Å². The summed E-state index contributed by atoms with van der Waals surface area (Å²) in [5, 5.41) is 12.3. The maximum absolute atomic E-state index is 11.4. The number of hydroxylamine groups is 1. The van der Waals surface area contributed by atoms with Crippen molar-refractivity contribution in [2.45, 2.75) is 12.8 Å². The fourth-order valence-corrected chi connectivity index (χ4v) is 1.77. The molecule has 1 heterocycles. The molecule has 2 nitrogen and oxygen atoms in total. The Hall–Kier alpha value is -0.570. The van der Waals surface area contributed by atoms with Crippen molar-refractivity contribution in [3.05, 3.63) is 34.0 Å². The standard InChI is InChI=1S/C9H10ClNO/c10-8-4-3-7-2-1-5-11(12)9(7)6-8/h3-4,6,11H,1-2,5H2. The molecule has 0 saturated carbocycles. The topological polar surface area (TPSA) is 27.5 Å². The molecule has 0 saturated heterocycles. The first-order valence-electron chi connectivity index (χ1n) is 4.09. The number of rotatable bonds is 0. The Balaban J connectivity index is 2.47. The van der Waals surface area contributed by atoms with E-state index >= 15 is 0 Å². The normalized spacial score (nSPS) is 22.0. The third kappa shape index (κ3) is 1.33. The maximum Gasteiger partial charge on any atom is 0.135 e. The van der Waals surface area contributed by atoms with E-state index < -0.39 is 0 Å². The SMILES string of the molecule is [O-][NH+]1CCCc2ccc(Cl)cc21. The lowest BCUT2D eigenvalue weighted by Gasteiger charge is -2.28. The minimum absolute atomic E-state index is 0.235. The van der Waals surface area contributed by atoms with Crippen molar-refractivity contribution in [1.29, 1.82) is 0 Å². The van der Waals surface area contributed by atoms with E-state index in [1.165, 1.54) is 0 Å². The van der Waals surface area contributed by atoms with Gasteiger partial charge in [0.1, 0.15) is 5.69 Å². The van der Waals surface area contributed by atoms with Crippen LogP contribution in [-0.2, 0) is 6.42 Å². The Labute approximate surface area is 76.3 Å². The molecule has 1 aromatic carbocycles. The Morgan fingerprint density at radius 3 is 3.08 bits per heavy atom. The van der Waals surface area contributed by atoms with E-state index in [2.05, 4.69) is 0 Å². The number of nitrogens with one attached hydrogen (secondary N) is 1. The molecule has 64 valence electrons. The van der Waals surface area contributed by atoms with Gasteiger partial charge in [0.2, 0.25) is 0 Å². The summed E-state index contributed by atoms with van der Waals surface area (Å²) in [4.78, 5) is 0. The second-order valence-corrected chi connectivity index (χ2v) is 3.51. The van der Waals surface area contributed by atoms with Crippen molar-refractivity contribution in [1.82, 2.24) is 0 Å². The van der Waals surface area contributed by atoms with Crippen LogP contribution in [-0.4, -0.2) is 6.54 Å². The molecule has 0 aromatic heterocycles. The van der Waals surface area contributed by atoms with Crippen molar-refractivity contribution < 1.29 is 5.06 Å². The van der Waals surface area contributed by atoms with Crippen LogP contribution in [0.2, 0.25) is 5.02 Å². The van der Waals surface area contributed by atoms with Gasteiger partial charge in [-0.25, -0.2) is 0 Å². The van der Waals surface area contributed by atoms with Gasteiger partial charge in [0, 0.05) is 23.1 Å². The molecule has 0 amide bonds. The van der Waals surface area contributed by atoms with Crippen LogP contribution in [0.5, 0.6) is 0 Å². The van der Waals surface area contributed by atoms with Crippen molar-refractivity contribution in [2.75, 3.05) is 6.54 Å². The van der Waals surface area contributed by atoms with Gasteiger partial charge in [-0.05, 0) is 12.5 Å². The smallest absolute Gasteiger partial charge is 0.135 e. The molecule has 2 rings (SSSR count). The monoisotopic (exact) mass is 183 g/mol. The Kier molecular flexibility index (Phi) is 2.05. The highest BCUT2D eigenvalue weighted by atomic mass is 35.5. The highest BCUT2D eigenvalue weighted by molar-refractivity contribution is 6.30. The Bertz CT molecular complexity index is 301. The first-order valence-corrected chi connectivity index (χ1v) is 4.47. The molecule has 0 fully saturated rings. The average Bonchev–Trinajstić information content (AvgIpc) is 2.07. The molecule has 3 heteroatoms. The largest absolute Gasteiger partial charge is 0.629 e. The van der Waals surface area contributed by atoms with E-state index in [1.807, 2.05) is 12.1 Å². The van der Waals surface area contributed by atoms with Crippen LogP contribution in [0.25, 0.3) is 0 Å². The van der Waals surface area contributed by atoms with Crippen LogP contribution in [0.3, 0.4) is 0 Å². The van der Waals surface area contributed by atoms with Crippen molar-refractivity contribution in [3.8, 4) is 0 Å². The molecule has 12 heavy (non-hydrogen) atoms. The summed E-state index contributed by atoms with van der Waals surface area (Å²) in [6.45, 7) is 0.674. The number of fused-ring (bicyclic) bond motifs is 1. The first-order chi connectivity index (χ1) is 5.77. The number of aryl methyl sites for hydroxylation is 1. The van der Waals surface area contributed by atoms with Gasteiger partial charge in [-0.15, -0.1) is 0 Å². The van der Waals surface area contributed by atoms with E-state index in [9.17, 15) is 5.21 Å². The van der Waals surface area contributed by atoms with Crippen molar-refractivity contribution in [2.24, 2.45) is 0 Å². The van der Waals surface area contributed by atoms with Crippen LogP contribution >= 0.6 is 11.6 Å². The van der Waals surface area contributed by atoms with Crippen LogP contribution in [0.1, 0.15) is 12.0 Å². The lowest BCUT2D eigenvalue weighted by Crippen LogP contribution is -3.03. The van der Waals surface area contributed by atoms with Crippen molar-refractivity contribution in [3.63, 3.8) is 0 Å². The average molecular weight is 184 g/mol. The highest BCUT2D eigenvalue weighted by Gasteiger charge is 2.15. The molecule has 1 aromatic rings. The molecule has 0 bridgehead atoms. The van der Waals surface area contributed by atoms with Crippen LogP contribution in [0.15, 0.2) is 18.2 Å². The summed E-state index contributed by atoms with van der Waals surface area (Å²) < 4.78 is 0. The summed E-state index contributed by atoms with van der Waals surface area (Å²) in [7, 11) is 0. The maximum atomic E-state index is 11.4. The van der Waals surface area contributed by atoms with Crippen LogP contribution in [0, 0.1) is 5.21 Å². The van der Waals surface area contributed by atoms with Crippen LogP contribution in [0.4, 0.5) is 5.69 Å². The minimum atomic E-state index is 0.235. The lowest BCUT2D eigenvalue weighted by atomic mass is 10.0. The summed E-state index contributed by atoms with van der Waals surface area (Å²) in [6.07, 6.45) is 1.99. The summed E-state index contributed by atoms with van der Waals surface area (Å²) in [6, 6.07) is 5.58. The van der Waals surface area contributed by atoms with E-state index in [-0.39, 0.29) is 5.06 Å². The first kappa shape index (κ1) is 8.05. The number of benzene rings is 1. The number of quaternary nitrogens is 1. The van der Waals surface area contributed by atoms with E-state index in [4.69, 9.17) is 11.6 Å². The lowest BCUT2D eigenvalue weighted by molar-refractivity contribution is -0.779. The Morgan fingerprint density at radius 2 is 2.25 bits per heavy atom. The fourth-order valence-electron chi connectivity index (χ4n) is 1.60. The third-order valence-corrected chi connectivity index (χ3v) is 2.46. The molecular formula is C9H10ClNO. The van der Waals surface area contributed by atoms with Gasteiger partial charge in [0.15, 0.2) is 0 Å². The zero-order valence-corrected chi connectivity index (χ0v) is 7.40. The van der Waals surface area contributed by atoms with Gasteiger partial charge in [-0.2, -0.15) is 0 Å². The highest BCUT2D eigenvalue weighted by Crippen LogP contribution is 2.20. The zero-order chi connectivity index (χ0) is 8.55. The van der Waals surface area contributed by atoms with Crippen molar-refractivity contribution >= 4 is 17.3 Å². The molecular weight excluding hydrogens is 174 g/mol. The summed E-state index contributed by atoms with van der Waals surface area (Å²) in [5.41, 5.74) is 1.98. The van der Waals surface area contributed by atoms with Gasteiger partial charge in [0.05, 0.1) is 6.54 Å². The molecule has 1 unspecified atom stereocenters. The quantitative estimate of drug-likeness (QED) is 0.604. The number of halogens is 1. The zero-order valence-electron chi connectivity index (χ0n) is 6.64. The van der Waals surface area contributed by atoms with Gasteiger partial charge in [0.25, 0.3) is 0 Å². The number of hydrogen-bond acceptors (Lipinski definition) is 1. The second-order valence-electron chi connectivity index (χ2n) is 3.08. The fraction of sp³-hybridized carbons (Fsp3) is 0.333. The molecule has 1 aliphatic rings. The van der Waals surface area contributed by atoms with E-state index in [0.717, 1.165) is 24.1 Å². The second kappa shape index (κ2) is 3.05. The Morgan fingerprint density at radius 1 is 1.42 bits per heavy atom. The van der Waals surface area contributed by atoms with Crippen LogP contribution < -0.4 is 5.06 Å². The van der Waals surface area contributed by atoms with Gasteiger partial charge < -0.3 is 10.3 Å². The van der Waals surface area contributed by atoms with Gasteiger partial charge in [-0.1, -0.05) is 17.7 Å². The predicted octanol–water partition coefficient (Wildman–Crippen LogP) is 1.30. The minimum Gasteiger partial charge on any atom is -0.629 e. The molecule has 0 aliphatic carbocycles. The molecule has 0 radical (unpaired) electrons.